The monoisotopic (exact) mass is 474 g/mol. The maximum absolute atomic E-state index is 12.3. The Morgan fingerprint density at radius 1 is 1.10 bits per heavy atom. The lowest BCUT2D eigenvalue weighted by atomic mass is 10.1. The summed E-state index contributed by atoms with van der Waals surface area (Å²) in [6.45, 7) is 1.69. The maximum Gasteiger partial charge on any atom is 0.330 e. The average molecular weight is 475 g/mol. The van der Waals surface area contributed by atoms with Gasteiger partial charge in [0.1, 0.15) is 12.3 Å². The topological polar surface area (TPSA) is 101 Å². The largest absolute Gasteiger partial charge is 0.353 e. The molecule has 162 valence electrons. The van der Waals surface area contributed by atoms with Crippen LogP contribution in [0, 0.1) is 0 Å². The van der Waals surface area contributed by atoms with E-state index in [1.807, 2.05) is 0 Å². The zero-order chi connectivity index (χ0) is 20.2. The smallest absolute Gasteiger partial charge is 0.330 e. The number of hydrogen-bond donors (Lipinski definition) is 1. The molecule has 3 aliphatic rings. The van der Waals surface area contributed by atoms with E-state index in [0.29, 0.717) is 26.2 Å². The summed E-state index contributed by atoms with van der Waals surface area (Å²) in [7, 11) is 0. The number of hydrogen-bond acceptors (Lipinski definition) is 7. The Kier molecular flexibility index (Phi) is 7.20. The van der Waals surface area contributed by atoms with Crippen molar-refractivity contribution in [1.29, 1.82) is 0 Å². The van der Waals surface area contributed by atoms with Gasteiger partial charge in [0.25, 0.3) is 5.56 Å². The fourth-order valence-corrected chi connectivity index (χ4v) is 4.22. The van der Waals surface area contributed by atoms with Gasteiger partial charge in [-0.2, -0.15) is 0 Å². The minimum absolute atomic E-state index is 0.233. The van der Waals surface area contributed by atoms with E-state index in [2.05, 4.69) is 20.9 Å². The molecule has 1 aromatic heterocycles. The van der Waals surface area contributed by atoms with Gasteiger partial charge in [-0.25, -0.2) is 4.79 Å². The van der Waals surface area contributed by atoms with E-state index >= 15 is 0 Å². The molecule has 1 N–H and O–H groups in total. The van der Waals surface area contributed by atoms with Gasteiger partial charge in [0, 0.05) is 25.8 Å². The van der Waals surface area contributed by atoms with Crippen molar-refractivity contribution in [2.45, 2.75) is 76.0 Å². The third-order valence-corrected chi connectivity index (χ3v) is 6.03. The lowest BCUT2D eigenvalue weighted by Gasteiger charge is -2.29. The van der Waals surface area contributed by atoms with Crippen molar-refractivity contribution in [2.75, 3.05) is 19.8 Å². The van der Waals surface area contributed by atoms with Crippen LogP contribution in [0.3, 0.4) is 0 Å². The lowest BCUT2D eigenvalue weighted by molar-refractivity contribution is -0.216. The van der Waals surface area contributed by atoms with Crippen LogP contribution in [0.1, 0.15) is 51.2 Å². The van der Waals surface area contributed by atoms with Crippen molar-refractivity contribution in [1.82, 2.24) is 9.55 Å². The molecule has 10 heteroatoms. The Hall–Kier alpha value is -1.04. The Labute approximate surface area is 176 Å². The van der Waals surface area contributed by atoms with E-state index in [0.717, 1.165) is 38.5 Å². The average Bonchev–Trinajstić information content (AvgIpc) is 3.13. The molecule has 0 radical (unpaired) electrons. The van der Waals surface area contributed by atoms with Crippen LogP contribution in [-0.4, -0.2) is 54.2 Å². The molecule has 2 unspecified atom stereocenters. The van der Waals surface area contributed by atoms with Crippen LogP contribution in [0.5, 0.6) is 0 Å². The van der Waals surface area contributed by atoms with Crippen molar-refractivity contribution >= 4 is 15.9 Å². The summed E-state index contributed by atoms with van der Waals surface area (Å²) >= 11 is 3.17. The quantitative estimate of drug-likeness (QED) is 0.672. The van der Waals surface area contributed by atoms with Gasteiger partial charge < -0.3 is 23.7 Å². The van der Waals surface area contributed by atoms with Crippen molar-refractivity contribution in [2.24, 2.45) is 0 Å². The molecule has 5 atom stereocenters. The van der Waals surface area contributed by atoms with Crippen molar-refractivity contribution in [3.8, 4) is 0 Å². The van der Waals surface area contributed by atoms with Gasteiger partial charge in [0.15, 0.2) is 12.6 Å². The van der Waals surface area contributed by atoms with Crippen molar-refractivity contribution in [3.63, 3.8) is 0 Å². The van der Waals surface area contributed by atoms with Gasteiger partial charge in [-0.3, -0.25) is 14.3 Å². The van der Waals surface area contributed by atoms with E-state index in [4.69, 9.17) is 23.7 Å². The molecule has 0 aromatic carbocycles. The molecule has 0 bridgehead atoms. The van der Waals surface area contributed by atoms with Crippen LogP contribution in [0.25, 0.3) is 0 Å². The summed E-state index contributed by atoms with van der Waals surface area (Å²) < 4.78 is 31.2. The zero-order valence-corrected chi connectivity index (χ0v) is 17.8. The summed E-state index contributed by atoms with van der Waals surface area (Å²) in [5.41, 5.74) is -0.991. The summed E-state index contributed by atoms with van der Waals surface area (Å²) in [5, 5.41) is 0. The molecule has 0 spiro atoms. The molecule has 9 nitrogen and oxygen atoms in total. The first-order valence-electron chi connectivity index (χ1n) is 10.3. The summed E-state index contributed by atoms with van der Waals surface area (Å²) in [6.07, 6.45) is 6.11. The molecule has 3 fully saturated rings. The van der Waals surface area contributed by atoms with Crippen molar-refractivity contribution in [3.05, 3.63) is 31.5 Å². The second-order valence-electron chi connectivity index (χ2n) is 7.61. The lowest BCUT2D eigenvalue weighted by Crippen LogP contribution is -2.36. The number of H-pyrrole nitrogens is 1. The Bertz CT molecular complexity index is 785. The summed E-state index contributed by atoms with van der Waals surface area (Å²) in [6, 6.07) is 0. The first kappa shape index (κ1) is 21.2. The minimum Gasteiger partial charge on any atom is -0.353 e. The van der Waals surface area contributed by atoms with Gasteiger partial charge in [-0.15, -0.1) is 0 Å². The highest BCUT2D eigenvalue weighted by molar-refractivity contribution is 9.10. The zero-order valence-electron chi connectivity index (χ0n) is 16.2. The number of aromatic amines is 1. The molecule has 3 saturated heterocycles. The molecule has 0 aliphatic carbocycles. The fraction of sp³-hybridized carbons (Fsp3) is 0.789. The number of aromatic nitrogens is 2. The molecule has 4 heterocycles. The van der Waals surface area contributed by atoms with Gasteiger partial charge in [-0.05, 0) is 54.5 Å². The first-order valence-corrected chi connectivity index (χ1v) is 11.1. The first-order chi connectivity index (χ1) is 14.1. The molecular weight excluding hydrogens is 448 g/mol. The predicted octanol–water partition coefficient (Wildman–Crippen LogP) is 2.04. The third kappa shape index (κ3) is 5.36. The van der Waals surface area contributed by atoms with E-state index in [1.165, 1.54) is 10.8 Å². The molecular formula is C19H27BrN2O7. The van der Waals surface area contributed by atoms with Crippen LogP contribution >= 0.6 is 15.9 Å². The highest BCUT2D eigenvalue weighted by Crippen LogP contribution is 2.33. The van der Waals surface area contributed by atoms with Crippen molar-refractivity contribution < 1.29 is 23.7 Å². The fourth-order valence-electron chi connectivity index (χ4n) is 3.90. The van der Waals surface area contributed by atoms with Crippen LogP contribution in [0.4, 0.5) is 0 Å². The van der Waals surface area contributed by atoms with Gasteiger partial charge in [0.2, 0.25) is 0 Å². The third-order valence-electron chi connectivity index (χ3n) is 5.46. The van der Waals surface area contributed by atoms with E-state index in [9.17, 15) is 9.59 Å². The highest BCUT2D eigenvalue weighted by atomic mass is 79.9. The number of nitrogens with one attached hydrogen (secondary N) is 1. The van der Waals surface area contributed by atoms with Crippen LogP contribution in [0.15, 0.2) is 20.3 Å². The molecule has 29 heavy (non-hydrogen) atoms. The molecule has 0 saturated carbocycles. The standard InChI is InChI=1S/C19H27BrN2O7/c20-12-10-22(19(24)21-18(12)23)15-9-13(29-17-6-2-4-8-26-17)14(28-15)11-27-16-5-1-3-7-25-16/h10,13-17H,1-9,11H2,(H,21,23,24)/t13-,14+,15+,16?,17?/m0/s1. The van der Waals surface area contributed by atoms with E-state index < -0.39 is 17.5 Å². The SMILES string of the molecule is O=c1[nH]c(=O)n([C@H]2C[C@H](OC3CCCCO3)[C@@H](COC3CCCCO3)O2)cc1Br. The van der Waals surface area contributed by atoms with Gasteiger partial charge in [-0.1, -0.05) is 0 Å². The summed E-state index contributed by atoms with van der Waals surface area (Å²) in [5.74, 6) is 0. The van der Waals surface area contributed by atoms with Gasteiger partial charge >= 0.3 is 5.69 Å². The number of nitrogens with zero attached hydrogens (tertiary/aromatic N) is 1. The Balaban J connectivity index is 1.46. The second-order valence-corrected chi connectivity index (χ2v) is 8.46. The molecule has 3 aliphatic heterocycles. The van der Waals surface area contributed by atoms with Crippen LogP contribution in [-0.2, 0) is 23.7 Å². The summed E-state index contributed by atoms with van der Waals surface area (Å²) in [4.78, 5) is 26.2. The second kappa shape index (κ2) is 9.84. The van der Waals surface area contributed by atoms with E-state index in [-0.39, 0.29) is 29.3 Å². The Morgan fingerprint density at radius 2 is 1.83 bits per heavy atom. The number of rotatable bonds is 6. The van der Waals surface area contributed by atoms with E-state index in [1.54, 1.807) is 0 Å². The molecule has 1 aromatic rings. The van der Waals surface area contributed by atoms with Gasteiger partial charge in [0.05, 0.1) is 17.2 Å². The Morgan fingerprint density at radius 3 is 2.52 bits per heavy atom. The van der Waals surface area contributed by atoms with Crippen LogP contribution < -0.4 is 11.2 Å². The maximum atomic E-state index is 12.3. The predicted molar refractivity (Wildman–Crippen MR) is 106 cm³/mol. The number of ether oxygens (including phenoxy) is 5. The number of halogens is 1. The molecule has 0 amide bonds. The molecule has 4 rings (SSSR count). The van der Waals surface area contributed by atoms with Crippen LogP contribution in [0.2, 0.25) is 0 Å². The minimum atomic E-state index is -0.565. The highest BCUT2D eigenvalue weighted by Gasteiger charge is 2.40. The normalized spacial score (nSPS) is 33.1.